The van der Waals surface area contributed by atoms with Gasteiger partial charge in [0.05, 0.1) is 44.8 Å². The molecule has 0 saturated carbocycles. The van der Waals surface area contributed by atoms with Crippen molar-refractivity contribution in [2.24, 2.45) is 24.1 Å². The number of carbonyl (C=O) groups excluding carboxylic acids is 4. The van der Waals surface area contributed by atoms with Crippen LogP contribution in [0.3, 0.4) is 0 Å². The molecule has 0 aliphatic rings. The Bertz CT molecular complexity index is 1600. The second kappa shape index (κ2) is 12.3. The number of carbonyl (C=O) groups is 4. The number of nitrogens with zero attached hydrogens (tertiary/aromatic N) is 4. The highest BCUT2D eigenvalue weighted by atomic mass is 32.1. The van der Waals surface area contributed by atoms with Crippen molar-refractivity contribution in [3.05, 3.63) is 57.1 Å². The Morgan fingerprint density at radius 2 is 1.13 bits per heavy atom. The molecule has 4 aromatic rings. The molecule has 0 radical (unpaired) electrons. The molecule has 4 rings (SSSR count). The smallest absolute Gasteiger partial charge is 0.338 e. The van der Waals surface area contributed by atoms with E-state index >= 15 is 0 Å². The van der Waals surface area contributed by atoms with E-state index in [0.29, 0.717) is 20.7 Å². The van der Waals surface area contributed by atoms with Crippen molar-refractivity contribution in [3.8, 4) is 0 Å². The zero-order valence-electron chi connectivity index (χ0n) is 21.8. The van der Waals surface area contributed by atoms with E-state index in [4.69, 9.17) is 14.2 Å². The standard InChI is InChI=1S/C26H26N4O7S2/c1-5-36-23(33)15-7-9-17-19(11-15)38-25(29(17)3)27-21(31)13-35-14-22(32)28-26-30(4)18-10-8-16(12-20(18)39-26)24(34)37-6-2/h7-12H,5-6,13-14H2,1-4H3. The van der Waals surface area contributed by atoms with Gasteiger partial charge in [-0.1, -0.05) is 22.7 Å². The number of amides is 2. The fourth-order valence-electron chi connectivity index (χ4n) is 3.67. The number of rotatable bonds is 8. The van der Waals surface area contributed by atoms with Crippen LogP contribution in [-0.4, -0.2) is 59.3 Å². The minimum Gasteiger partial charge on any atom is -0.462 e. The molecule has 204 valence electrons. The average Bonchev–Trinajstić information content (AvgIpc) is 3.38. The third kappa shape index (κ3) is 6.38. The van der Waals surface area contributed by atoms with Crippen molar-refractivity contribution in [1.29, 1.82) is 0 Å². The number of ether oxygens (including phenoxy) is 3. The molecule has 0 spiro atoms. The van der Waals surface area contributed by atoms with E-state index in [2.05, 4.69) is 9.98 Å². The summed E-state index contributed by atoms with van der Waals surface area (Å²) in [4.78, 5) is 57.8. The first-order chi connectivity index (χ1) is 18.7. The Morgan fingerprint density at radius 3 is 1.51 bits per heavy atom. The van der Waals surface area contributed by atoms with Crippen LogP contribution >= 0.6 is 22.7 Å². The SMILES string of the molecule is CCOC(=O)c1ccc2c(c1)sc(=NC(=O)COCC(=O)N=c1sc3cc(C(=O)OCC)ccc3n1C)n2C. The van der Waals surface area contributed by atoms with Crippen molar-refractivity contribution in [1.82, 2.24) is 9.13 Å². The second-order valence-corrected chi connectivity index (χ2v) is 10.2. The molecule has 39 heavy (non-hydrogen) atoms. The Balaban J connectivity index is 1.42. The monoisotopic (exact) mass is 570 g/mol. The maximum Gasteiger partial charge on any atom is 0.338 e. The van der Waals surface area contributed by atoms with E-state index in [-0.39, 0.29) is 13.2 Å². The van der Waals surface area contributed by atoms with Crippen molar-refractivity contribution in [2.75, 3.05) is 26.4 Å². The molecule has 0 bridgehead atoms. The van der Waals surface area contributed by atoms with Crippen LogP contribution in [0.15, 0.2) is 46.4 Å². The van der Waals surface area contributed by atoms with Crippen molar-refractivity contribution < 1.29 is 33.4 Å². The number of hydrogen-bond acceptors (Lipinski definition) is 9. The maximum absolute atomic E-state index is 12.4. The van der Waals surface area contributed by atoms with Gasteiger partial charge in [0.25, 0.3) is 11.8 Å². The minimum absolute atomic E-state index is 0.278. The molecule has 2 amide bonds. The Kier molecular flexibility index (Phi) is 8.84. The number of aryl methyl sites for hydroxylation is 2. The van der Waals surface area contributed by atoms with Crippen LogP contribution in [0.25, 0.3) is 20.4 Å². The number of aromatic nitrogens is 2. The zero-order chi connectivity index (χ0) is 28.1. The molecule has 2 aromatic carbocycles. The van der Waals surface area contributed by atoms with Gasteiger partial charge >= 0.3 is 11.9 Å². The van der Waals surface area contributed by atoms with Gasteiger partial charge in [0.15, 0.2) is 9.60 Å². The molecule has 0 fully saturated rings. The second-order valence-electron chi connectivity index (χ2n) is 8.20. The van der Waals surface area contributed by atoms with Gasteiger partial charge in [0, 0.05) is 14.1 Å². The number of thiazole rings is 2. The first-order valence-electron chi connectivity index (χ1n) is 12.0. The third-order valence-electron chi connectivity index (χ3n) is 5.53. The minimum atomic E-state index is -0.561. The summed E-state index contributed by atoms with van der Waals surface area (Å²) < 4.78 is 20.4. The molecule has 2 aromatic heterocycles. The van der Waals surface area contributed by atoms with Gasteiger partial charge in [-0.2, -0.15) is 9.98 Å². The van der Waals surface area contributed by atoms with E-state index in [9.17, 15) is 19.2 Å². The van der Waals surface area contributed by atoms with E-state index in [0.717, 1.165) is 20.4 Å². The van der Waals surface area contributed by atoms with Gasteiger partial charge in [0.1, 0.15) is 13.2 Å². The van der Waals surface area contributed by atoms with Crippen molar-refractivity contribution in [3.63, 3.8) is 0 Å². The molecule has 2 heterocycles. The maximum atomic E-state index is 12.4. The van der Waals surface area contributed by atoms with Crippen LogP contribution in [-0.2, 0) is 37.9 Å². The molecule has 0 aliphatic heterocycles. The number of hydrogen-bond donors (Lipinski definition) is 0. The van der Waals surface area contributed by atoms with Crippen LogP contribution in [0.2, 0.25) is 0 Å². The Hall–Kier alpha value is -3.94. The number of benzene rings is 2. The lowest BCUT2D eigenvalue weighted by atomic mass is 10.2. The zero-order valence-corrected chi connectivity index (χ0v) is 23.4. The molecule has 0 aliphatic carbocycles. The fourth-order valence-corrected chi connectivity index (χ4v) is 5.82. The summed E-state index contributed by atoms with van der Waals surface area (Å²) in [5, 5.41) is 0. The van der Waals surface area contributed by atoms with Gasteiger partial charge in [-0.25, -0.2) is 9.59 Å². The largest absolute Gasteiger partial charge is 0.462 e. The van der Waals surface area contributed by atoms with E-state index < -0.39 is 37.0 Å². The molecule has 0 N–H and O–H groups in total. The Morgan fingerprint density at radius 1 is 0.718 bits per heavy atom. The highest BCUT2D eigenvalue weighted by Gasteiger charge is 2.13. The lowest BCUT2D eigenvalue weighted by Crippen LogP contribution is -2.19. The van der Waals surface area contributed by atoms with E-state index in [1.807, 2.05) is 0 Å². The van der Waals surface area contributed by atoms with Crippen LogP contribution in [0.5, 0.6) is 0 Å². The predicted octanol–water partition coefficient (Wildman–Crippen LogP) is 2.72. The average molecular weight is 571 g/mol. The molecule has 0 saturated heterocycles. The molecular formula is C26H26N4O7S2. The summed E-state index contributed by atoms with van der Waals surface area (Å²) in [5.74, 6) is -1.96. The lowest BCUT2D eigenvalue weighted by Gasteiger charge is -2.01. The van der Waals surface area contributed by atoms with Crippen LogP contribution in [0.4, 0.5) is 0 Å². The summed E-state index contributed by atoms with van der Waals surface area (Å²) in [6.07, 6.45) is 0. The summed E-state index contributed by atoms with van der Waals surface area (Å²) in [6, 6.07) is 10.3. The quantitative estimate of drug-likeness (QED) is 0.298. The highest BCUT2D eigenvalue weighted by Crippen LogP contribution is 2.20. The molecular weight excluding hydrogens is 544 g/mol. The summed E-state index contributed by atoms with van der Waals surface area (Å²) in [7, 11) is 3.53. The first kappa shape index (κ1) is 28.1. The van der Waals surface area contributed by atoms with Crippen molar-refractivity contribution >= 4 is 66.9 Å². The summed E-state index contributed by atoms with van der Waals surface area (Å²) in [5.41, 5.74) is 2.45. The molecule has 13 heteroatoms. The summed E-state index contributed by atoms with van der Waals surface area (Å²) in [6.45, 7) is 3.24. The van der Waals surface area contributed by atoms with E-state index in [1.54, 1.807) is 73.5 Å². The van der Waals surface area contributed by atoms with Crippen LogP contribution in [0.1, 0.15) is 34.6 Å². The molecule has 0 atom stereocenters. The summed E-state index contributed by atoms with van der Waals surface area (Å²) >= 11 is 2.50. The predicted molar refractivity (Wildman–Crippen MR) is 145 cm³/mol. The Labute approximate surface area is 230 Å². The van der Waals surface area contributed by atoms with E-state index in [1.165, 1.54) is 22.7 Å². The van der Waals surface area contributed by atoms with Gasteiger partial charge in [-0.05, 0) is 50.2 Å². The first-order valence-corrected chi connectivity index (χ1v) is 13.6. The van der Waals surface area contributed by atoms with Gasteiger partial charge < -0.3 is 23.3 Å². The molecule has 11 nitrogen and oxygen atoms in total. The molecule has 0 unspecified atom stereocenters. The third-order valence-corrected chi connectivity index (χ3v) is 7.72. The van der Waals surface area contributed by atoms with Crippen LogP contribution in [0, 0.1) is 0 Å². The van der Waals surface area contributed by atoms with Gasteiger partial charge in [0.2, 0.25) is 0 Å². The fraction of sp³-hybridized carbons (Fsp3) is 0.308. The number of esters is 2. The highest BCUT2D eigenvalue weighted by molar-refractivity contribution is 7.16. The van der Waals surface area contributed by atoms with Crippen molar-refractivity contribution in [2.45, 2.75) is 13.8 Å². The number of fused-ring (bicyclic) bond motifs is 2. The topological polar surface area (TPSA) is 131 Å². The van der Waals surface area contributed by atoms with Crippen LogP contribution < -0.4 is 9.60 Å². The van der Waals surface area contributed by atoms with Gasteiger partial charge in [-0.3, -0.25) is 9.59 Å². The van der Waals surface area contributed by atoms with Gasteiger partial charge in [-0.15, -0.1) is 0 Å². The lowest BCUT2D eigenvalue weighted by molar-refractivity contribution is -0.127. The normalized spacial score (nSPS) is 12.3.